The van der Waals surface area contributed by atoms with Crippen LogP contribution in [-0.4, -0.2) is 33.2 Å². The highest BCUT2D eigenvalue weighted by atomic mass is 32.1. The smallest absolute Gasteiger partial charge is 0.469 e. The van der Waals surface area contributed by atoms with Crippen LogP contribution in [0.4, 0.5) is 26.3 Å². The van der Waals surface area contributed by atoms with Gasteiger partial charge in [0.25, 0.3) is 0 Å². The number of halogens is 6. The van der Waals surface area contributed by atoms with E-state index in [-0.39, 0.29) is 27.6 Å². The summed E-state index contributed by atoms with van der Waals surface area (Å²) >= 11 is 0.793. The topological polar surface area (TPSA) is 128 Å². The average molecular weight is 571 g/mol. The highest BCUT2D eigenvalue weighted by molar-refractivity contribution is 7.46. The van der Waals surface area contributed by atoms with Crippen LogP contribution in [0.1, 0.15) is 28.6 Å². The minimum atomic E-state index is -4.86. The monoisotopic (exact) mass is 571 g/mol. The molecule has 1 aromatic heterocycles. The molecule has 0 unspecified atom stereocenters. The third-order valence-corrected chi connectivity index (χ3v) is 6.65. The fourth-order valence-corrected chi connectivity index (χ4v) is 4.47. The number of hydrogen-bond acceptors (Lipinski definition) is 7. The summed E-state index contributed by atoms with van der Waals surface area (Å²) in [4.78, 5) is 17.7. The molecule has 8 nitrogen and oxygen atoms in total. The fraction of sp³-hybridized carbons (Fsp3) is 0.333. The molecule has 0 aliphatic heterocycles. The maximum atomic E-state index is 13.7. The first kappa shape index (κ1) is 29.0. The van der Waals surface area contributed by atoms with Crippen molar-refractivity contribution < 1.29 is 50.0 Å². The molecule has 1 atom stereocenters. The third kappa shape index (κ3) is 7.72. The Kier molecular flexibility index (Phi) is 8.37. The van der Waals surface area contributed by atoms with Crippen LogP contribution in [-0.2, 0) is 33.4 Å². The Morgan fingerprint density at radius 2 is 1.65 bits per heavy atom. The molecule has 1 heterocycles. The summed E-state index contributed by atoms with van der Waals surface area (Å²) in [5, 5.41) is 7.68. The van der Waals surface area contributed by atoms with Crippen molar-refractivity contribution in [3.05, 3.63) is 64.2 Å². The second-order valence-electron chi connectivity index (χ2n) is 8.06. The van der Waals surface area contributed by atoms with Gasteiger partial charge in [-0.15, -0.1) is 10.2 Å². The van der Waals surface area contributed by atoms with E-state index in [1.165, 1.54) is 31.2 Å². The van der Waals surface area contributed by atoms with E-state index in [9.17, 15) is 30.9 Å². The Balaban J connectivity index is 1.81. The van der Waals surface area contributed by atoms with Crippen LogP contribution in [0.5, 0.6) is 5.75 Å². The van der Waals surface area contributed by atoms with E-state index in [1.807, 2.05) is 0 Å². The quantitative estimate of drug-likeness (QED) is 0.238. The Bertz CT molecular complexity index is 1290. The maximum Gasteiger partial charge on any atom is 0.469 e. The third-order valence-electron chi connectivity index (χ3n) is 4.93. The van der Waals surface area contributed by atoms with Crippen LogP contribution in [0.15, 0.2) is 42.5 Å². The van der Waals surface area contributed by atoms with E-state index in [0.29, 0.717) is 0 Å². The van der Waals surface area contributed by atoms with Crippen LogP contribution in [0.2, 0.25) is 0 Å². The minimum Gasteiger partial charge on any atom is -0.493 e. The van der Waals surface area contributed by atoms with E-state index in [1.54, 1.807) is 0 Å². The first-order chi connectivity index (χ1) is 17.0. The van der Waals surface area contributed by atoms with Gasteiger partial charge < -0.3 is 20.3 Å². The van der Waals surface area contributed by atoms with Crippen LogP contribution in [0, 0.1) is 0 Å². The van der Waals surface area contributed by atoms with E-state index >= 15 is 0 Å². The molecule has 0 saturated carbocycles. The molecule has 3 aromatic rings. The van der Waals surface area contributed by atoms with Gasteiger partial charge in [0.05, 0.1) is 29.9 Å². The Morgan fingerprint density at radius 1 is 1.00 bits per heavy atom. The molecule has 0 spiro atoms. The largest absolute Gasteiger partial charge is 0.493 e. The van der Waals surface area contributed by atoms with Gasteiger partial charge >= 0.3 is 20.2 Å². The first-order valence-electron chi connectivity index (χ1n) is 10.3. The van der Waals surface area contributed by atoms with E-state index in [0.717, 1.165) is 29.5 Å². The molecule has 4 N–H and O–H groups in total. The zero-order valence-electron chi connectivity index (χ0n) is 18.9. The highest BCUT2D eigenvalue weighted by Crippen LogP contribution is 2.41. The lowest BCUT2D eigenvalue weighted by Crippen LogP contribution is -2.37. The molecule has 3 rings (SSSR count). The van der Waals surface area contributed by atoms with Crippen LogP contribution in [0.25, 0.3) is 10.6 Å². The van der Waals surface area contributed by atoms with Crippen molar-refractivity contribution in [2.45, 2.75) is 31.2 Å². The number of nitrogens with zero attached hydrogens (tertiary/aromatic N) is 2. The number of nitrogens with two attached hydrogens (primary N) is 1. The molecule has 16 heteroatoms. The zero-order chi connectivity index (χ0) is 27.6. The Morgan fingerprint density at radius 3 is 2.27 bits per heavy atom. The molecule has 37 heavy (non-hydrogen) atoms. The molecular formula is C21H20F6N3O5PS. The summed E-state index contributed by atoms with van der Waals surface area (Å²) in [7, 11) is -4.82. The second kappa shape index (κ2) is 10.7. The number of rotatable bonds is 9. The number of ether oxygens (including phenoxy) is 1. The Labute approximate surface area is 210 Å². The number of alkyl halides is 6. The SMILES string of the molecule is C[C@](N)(COP(=O)(O)O)c1nnc(-c2ccc(OCCc3ccccc3C(F)(F)F)c(C(F)(F)F)c2)s1. The van der Waals surface area contributed by atoms with Gasteiger partial charge in [-0.05, 0) is 36.8 Å². The van der Waals surface area contributed by atoms with Crippen molar-refractivity contribution in [1.82, 2.24) is 10.2 Å². The maximum absolute atomic E-state index is 13.7. The molecule has 0 aliphatic carbocycles. The summed E-state index contributed by atoms with van der Waals surface area (Å²) in [5.41, 5.74) is 2.28. The van der Waals surface area contributed by atoms with E-state index in [4.69, 9.17) is 20.3 Å². The molecule has 0 radical (unpaired) electrons. The standard InChI is InChI=1S/C21H20F6N3O5PS/c1-19(28,11-35-36(31,32)33)18-30-29-17(37-18)13-6-7-16(15(10-13)21(25,26)27)34-9-8-12-4-2-3-5-14(12)20(22,23)24/h2-7,10H,8-9,11,28H2,1H3,(H2,31,32,33)/t19-/m0/s1. The molecule has 0 aliphatic rings. The number of phosphoric acid groups is 1. The van der Waals surface area contributed by atoms with Gasteiger partial charge in [-0.2, -0.15) is 26.3 Å². The Hall–Kier alpha value is -2.55. The highest BCUT2D eigenvalue weighted by Gasteiger charge is 2.36. The summed E-state index contributed by atoms with van der Waals surface area (Å²) in [6.45, 7) is 0.273. The first-order valence-corrected chi connectivity index (χ1v) is 12.6. The number of phosphoric ester groups is 1. The molecule has 0 fully saturated rings. The van der Waals surface area contributed by atoms with Crippen molar-refractivity contribution in [1.29, 1.82) is 0 Å². The van der Waals surface area contributed by atoms with Crippen molar-refractivity contribution in [3.63, 3.8) is 0 Å². The van der Waals surface area contributed by atoms with Gasteiger partial charge in [-0.1, -0.05) is 29.5 Å². The zero-order valence-corrected chi connectivity index (χ0v) is 20.6. The van der Waals surface area contributed by atoms with Gasteiger partial charge in [0.2, 0.25) is 0 Å². The average Bonchev–Trinajstić information content (AvgIpc) is 3.28. The van der Waals surface area contributed by atoms with Gasteiger partial charge in [0.1, 0.15) is 15.8 Å². The molecule has 0 saturated heterocycles. The predicted molar refractivity (Wildman–Crippen MR) is 121 cm³/mol. The lowest BCUT2D eigenvalue weighted by molar-refractivity contribution is -0.139. The van der Waals surface area contributed by atoms with Crippen molar-refractivity contribution in [2.24, 2.45) is 5.73 Å². The van der Waals surface area contributed by atoms with Crippen molar-refractivity contribution in [2.75, 3.05) is 13.2 Å². The lowest BCUT2D eigenvalue weighted by Gasteiger charge is -2.21. The lowest BCUT2D eigenvalue weighted by atomic mass is 10.0. The van der Waals surface area contributed by atoms with E-state index in [2.05, 4.69) is 14.7 Å². The molecular weight excluding hydrogens is 551 g/mol. The van der Waals surface area contributed by atoms with Gasteiger partial charge in [0, 0.05) is 12.0 Å². The van der Waals surface area contributed by atoms with Crippen LogP contribution < -0.4 is 10.5 Å². The summed E-state index contributed by atoms with van der Waals surface area (Å²) in [5.74, 6) is -0.579. The normalized spacial score (nSPS) is 14.4. The molecule has 0 bridgehead atoms. The van der Waals surface area contributed by atoms with Crippen LogP contribution in [0.3, 0.4) is 0 Å². The number of aromatic nitrogens is 2. The van der Waals surface area contributed by atoms with Gasteiger partial charge in [0.15, 0.2) is 0 Å². The molecule has 0 amide bonds. The van der Waals surface area contributed by atoms with Crippen LogP contribution >= 0.6 is 19.2 Å². The predicted octanol–water partition coefficient (Wildman–Crippen LogP) is 5.15. The van der Waals surface area contributed by atoms with Gasteiger partial charge in [-0.3, -0.25) is 4.52 Å². The number of benzene rings is 2. The van der Waals surface area contributed by atoms with Gasteiger partial charge in [-0.25, -0.2) is 4.57 Å². The minimum absolute atomic E-state index is 0.00227. The number of hydrogen-bond donors (Lipinski definition) is 3. The fourth-order valence-electron chi connectivity index (χ4n) is 3.15. The summed E-state index contributed by atoms with van der Waals surface area (Å²) < 4.78 is 101. The second-order valence-corrected chi connectivity index (χ2v) is 10.3. The van der Waals surface area contributed by atoms with Crippen molar-refractivity contribution in [3.8, 4) is 16.3 Å². The van der Waals surface area contributed by atoms with Crippen molar-refractivity contribution >= 4 is 19.2 Å². The van der Waals surface area contributed by atoms with E-state index < -0.39 is 55.8 Å². The molecule has 2 aromatic carbocycles. The molecule has 202 valence electrons. The summed E-state index contributed by atoms with van der Waals surface area (Å²) in [6, 6.07) is 7.75. The summed E-state index contributed by atoms with van der Waals surface area (Å²) in [6.07, 6.45) is -9.75.